The lowest BCUT2D eigenvalue weighted by Crippen LogP contribution is -2.27. The molecule has 0 fully saturated rings. The predicted octanol–water partition coefficient (Wildman–Crippen LogP) is -0.645. The van der Waals surface area contributed by atoms with Crippen LogP contribution in [-0.4, -0.2) is 31.7 Å². The van der Waals surface area contributed by atoms with E-state index >= 15 is 0 Å². The van der Waals surface area contributed by atoms with Gasteiger partial charge in [0.15, 0.2) is 0 Å². The Morgan fingerprint density at radius 2 is 2.33 bits per heavy atom. The van der Waals surface area contributed by atoms with E-state index in [1.54, 1.807) is 7.05 Å². The van der Waals surface area contributed by atoms with Gasteiger partial charge in [-0.3, -0.25) is 9.63 Å². The number of hydrogen-bond donors (Lipinski definition) is 1. The van der Waals surface area contributed by atoms with E-state index in [1.165, 1.54) is 7.11 Å². The fraction of sp³-hybridized carbons (Fsp3) is 0.800. The second-order valence-corrected chi connectivity index (χ2v) is 1.61. The van der Waals surface area contributed by atoms with Gasteiger partial charge in [-0.15, -0.1) is 0 Å². The van der Waals surface area contributed by atoms with E-state index in [0.717, 1.165) is 5.06 Å². The average Bonchev–Trinajstić information content (AvgIpc) is 1.87. The molecule has 0 radical (unpaired) electrons. The highest BCUT2D eigenvalue weighted by Gasteiger charge is 2.03. The van der Waals surface area contributed by atoms with Crippen LogP contribution in [0.3, 0.4) is 0 Å². The Kier molecular flexibility index (Phi) is 4.00. The lowest BCUT2D eigenvalue weighted by molar-refractivity contribution is -0.168. The second-order valence-electron chi connectivity index (χ2n) is 1.61. The van der Waals surface area contributed by atoms with Gasteiger partial charge in [0.2, 0.25) is 5.91 Å². The van der Waals surface area contributed by atoms with Crippen LogP contribution in [0.15, 0.2) is 0 Å². The molecule has 1 amide bonds. The van der Waals surface area contributed by atoms with Crippen molar-refractivity contribution in [2.75, 3.05) is 20.7 Å². The third-order valence-electron chi connectivity index (χ3n) is 0.983. The normalized spacial score (nSPS) is 9.22. The quantitative estimate of drug-likeness (QED) is 0.519. The fourth-order valence-electron chi connectivity index (χ4n) is 0.383. The van der Waals surface area contributed by atoms with Crippen LogP contribution in [0.2, 0.25) is 0 Å². The first kappa shape index (κ1) is 8.39. The lowest BCUT2D eigenvalue weighted by atomic mass is 10.4. The molecular weight excluding hydrogens is 120 g/mol. The Balaban J connectivity index is 3.46. The van der Waals surface area contributed by atoms with Crippen LogP contribution >= 0.6 is 0 Å². The highest BCUT2D eigenvalue weighted by atomic mass is 16.7. The zero-order valence-electron chi connectivity index (χ0n) is 5.76. The molecule has 0 rings (SSSR count). The van der Waals surface area contributed by atoms with Gasteiger partial charge in [-0.1, -0.05) is 0 Å². The molecule has 54 valence electrons. The first-order valence-corrected chi connectivity index (χ1v) is 2.73. The molecule has 0 aromatic heterocycles. The molecule has 0 aliphatic heterocycles. The van der Waals surface area contributed by atoms with Crippen molar-refractivity contribution >= 4 is 5.91 Å². The maximum absolute atomic E-state index is 10.7. The van der Waals surface area contributed by atoms with E-state index in [0.29, 0.717) is 13.0 Å². The summed E-state index contributed by atoms with van der Waals surface area (Å²) in [5.41, 5.74) is 5.12. The number of hydroxylamine groups is 2. The van der Waals surface area contributed by atoms with E-state index in [-0.39, 0.29) is 5.91 Å². The maximum atomic E-state index is 10.7. The van der Waals surface area contributed by atoms with Gasteiger partial charge < -0.3 is 5.73 Å². The molecule has 2 N–H and O–H groups in total. The van der Waals surface area contributed by atoms with Crippen molar-refractivity contribution in [3.05, 3.63) is 0 Å². The van der Waals surface area contributed by atoms with Gasteiger partial charge in [-0.05, 0) is 0 Å². The Bertz CT molecular complexity index is 95.0. The first-order chi connectivity index (χ1) is 4.22. The molecule has 9 heavy (non-hydrogen) atoms. The standard InChI is InChI=1S/C5H12N2O2/c1-7(9-2)5(8)3-4-6/h3-4,6H2,1-2H3. The largest absolute Gasteiger partial charge is 0.330 e. The van der Waals surface area contributed by atoms with E-state index in [2.05, 4.69) is 4.84 Å². The predicted molar refractivity (Wildman–Crippen MR) is 33.5 cm³/mol. The molecule has 0 saturated carbocycles. The summed E-state index contributed by atoms with van der Waals surface area (Å²) in [5, 5.41) is 1.16. The number of amides is 1. The van der Waals surface area contributed by atoms with E-state index < -0.39 is 0 Å². The fourth-order valence-corrected chi connectivity index (χ4v) is 0.383. The minimum Gasteiger partial charge on any atom is -0.330 e. The molecule has 4 nitrogen and oxygen atoms in total. The molecule has 0 aliphatic rings. The average molecular weight is 132 g/mol. The van der Waals surface area contributed by atoms with Crippen LogP contribution in [0.5, 0.6) is 0 Å². The van der Waals surface area contributed by atoms with Crippen LogP contribution in [0.4, 0.5) is 0 Å². The molecule has 0 heterocycles. The highest BCUT2D eigenvalue weighted by Crippen LogP contribution is 1.86. The minimum absolute atomic E-state index is 0.0972. The van der Waals surface area contributed by atoms with Crippen molar-refractivity contribution in [3.8, 4) is 0 Å². The molecule has 0 aliphatic carbocycles. The number of nitrogens with two attached hydrogens (primary N) is 1. The van der Waals surface area contributed by atoms with Crippen LogP contribution < -0.4 is 5.73 Å². The summed E-state index contributed by atoms with van der Waals surface area (Å²) in [6, 6.07) is 0. The van der Waals surface area contributed by atoms with Gasteiger partial charge in [0.05, 0.1) is 7.11 Å². The van der Waals surface area contributed by atoms with Gasteiger partial charge in [-0.25, -0.2) is 5.06 Å². The SMILES string of the molecule is CON(C)C(=O)CCN. The minimum atomic E-state index is -0.0972. The molecular formula is C5H12N2O2. The van der Waals surface area contributed by atoms with Gasteiger partial charge in [-0.2, -0.15) is 0 Å². The Labute approximate surface area is 54.5 Å². The molecule has 0 atom stereocenters. The van der Waals surface area contributed by atoms with Crippen LogP contribution in [-0.2, 0) is 9.63 Å². The topological polar surface area (TPSA) is 55.6 Å². The molecule has 0 saturated heterocycles. The van der Waals surface area contributed by atoms with Crippen molar-refractivity contribution in [1.29, 1.82) is 0 Å². The lowest BCUT2D eigenvalue weighted by Gasteiger charge is -2.11. The summed E-state index contributed by atoms with van der Waals surface area (Å²) in [6.45, 7) is 0.368. The molecule has 0 spiro atoms. The van der Waals surface area contributed by atoms with Gasteiger partial charge in [0, 0.05) is 20.0 Å². The zero-order valence-corrected chi connectivity index (χ0v) is 5.76. The van der Waals surface area contributed by atoms with Crippen LogP contribution in [0.25, 0.3) is 0 Å². The summed E-state index contributed by atoms with van der Waals surface area (Å²) in [6.07, 6.45) is 0.338. The van der Waals surface area contributed by atoms with Crippen LogP contribution in [0, 0.1) is 0 Å². The second kappa shape index (κ2) is 4.29. The first-order valence-electron chi connectivity index (χ1n) is 2.73. The molecule has 0 aromatic rings. The van der Waals surface area contributed by atoms with E-state index in [4.69, 9.17) is 5.73 Å². The summed E-state index contributed by atoms with van der Waals surface area (Å²) >= 11 is 0. The molecule has 0 unspecified atom stereocenters. The molecule has 4 heteroatoms. The van der Waals surface area contributed by atoms with Gasteiger partial charge >= 0.3 is 0 Å². The Morgan fingerprint density at radius 1 is 1.78 bits per heavy atom. The summed E-state index contributed by atoms with van der Waals surface area (Å²) in [5.74, 6) is -0.0972. The smallest absolute Gasteiger partial charge is 0.247 e. The van der Waals surface area contributed by atoms with Crippen molar-refractivity contribution in [2.45, 2.75) is 6.42 Å². The molecule has 0 bridgehead atoms. The van der Waals surface area contributed by atoms with Gasteiger partial charge in [0.1, 0.15) is 0 Å². The summed E-state index contributed by atoms with van der Waals surface area (Å²) in [7, 11) is 2.99. The number of nitrogens with zero attached hydrogens (tertiary/aromatic N) is 1. The van der Waals surface area contributed by atoms with Crippen molar-refractivity contribution in [3.63, 3.8) is 0 Å². The number of rotatable bonds is 3. The third-order valence-corrected chi connectivity index (χ3v) is 0.983. The Hall–Kier alpha value is -0.610. The highest BCUT2D eigenvalue weighted by molar-refractivity contribution is 5.74. The van der Waals surface area contributed by atoms with Gasteiger partial charge in [0.25, 0.3) is 0 Å². The van der Waals surface area contributed by atoms with E-state index in [1.807, 2.05) is 0 Å². The summed E-state index contributed by atoms with van der Waals surface area (Å²) < 4.78 is 0. The van der Waals surface area contributed by atoms with Crippen molar-refractivity contribution in [1.82, 2.24) is 5.06 Å². The Morgan fingerprint density at radius 3 is 2.67 bits per heavy atom. The zero-order chi connectivity index (χ0) is 7.28. The van der Waals surface area contributed by atoms with Crippen molar-refractivity contribution < 1.29 is 9.63 Å². The monoisotopic (exact) mass is 132 g/mol. The number of carbonyl (C=O) groups is 1. The maximum Gasteiger partial charge on any atom is 0.247 e. The number of carbonyl (C=O) groups excluding carboxylic acids is 1. The number of hydrogen-bond acceptors (Lipinski definition) is 3. The van der Waals surface area contributed by atoms with Crippen molar-refractivity contribution in [2.24, 2.45) is 5.73 Å². The van der Waals surface area contributed by atoms with Crippen LogP contribution in [0.1, 0.15) is 6.42 Å². The summed E-state index contributed by atoms with van der Waals surface area (Å²) in [4.78, 5) is 15.3. The molecule has 0 aromatic carbocycles. The third kappa shape index (κ3) is 3.05. The van der Waals surface area contributed by atoms with E-state index in [9.17, 15) is 4.79 Å².